The highest BCUT2D eigenvalue weighted by molar-refractivity contribution is 8.04. The van der Waals surface area contributed by atoms with Crippen molar-refractivity contribution in [1.29, 1.82) is 0 Å². The van der Waals surface area contributed by atoms with Gasteiger partial charge in [0.25, 0.3) is 11.8 Å². The summed E-state index contributed by atoms with van der Waals surface area (Å²) in [5, 5.41) is 2.83. The number of carbonyl (C=O) groups excluding carboxylic acids is 3. The zero-order chi connectivity index (χ0) is 21.8. The third-order valence-corrected chi connectivity index (χ3v) is 5.36. The lowest BCUT2D eigenvalue weighted by molar-refractivity contribution is -0.120. The van der Waals surface area contributed by atoms with Crippen LogP contribution >= 0.6 is 11.8 Å². The number of hydrogen-bond acceptors (Lipinski definition) is 5. The van der Waals surface area contributed by atoms with E-state index in [1.165, 1.54) is 23.6 Å². The van der Waals surface area contributed by atoms with Gasteiger partial charge in [-0.1, -0.05) is 32.0 Å². The van der Waals surface area contributed by atoms with Crippen molar-refractivity contribution in [2.75, 3.05) is 16.8 Å². The van der Waals surface area contributed by atoms with Crippen LogP contribution in [0.1, 0.15) is 33.3 Å². The van der Waals surface area contributed by atoms with E-state index in [-0.39, 0.29) is 23.0 Å². The van der Waals surface area contributed by atoms with Gasteiger partial charge in [-0.05, 0) is 36.8 Å². The molecule has 1 heterocycles. The molecule has 1 aliphatic rings. The molecular formula is C23H24N2O4S. The Morgan fingerprint density at radius 2 is 1.80 bits per heavy atom. The van der Waals surface area contributed by atoms with Crippen LogP contribution in [-0.2, 0) is 14.4 Å². The number of amides is 3. The minimum absolute atomic E-state index is 0.125. The number of ether oxygens (including phenoxy) is 1. The molecule has 1 aliphatic heterocycles. The number of thioether (sulfide) groups is 1. The highest BCUT2D eigenvalue weighted by atomic mass is 32.2. The SMILES string of the molecule is CCOc1cccc(N2C(=O)C(SC(C)C)=C(c3ccc(NC(C)=O)cc3)C2=O)c1. The summed E-state index contributed by atoms with van der Waals surface area (Å²) in [6.45, 7) is 7.75. The Bertz CT molecular complexity index is 1010. The number of nitrogens with zero attached hydrogens (tertiary/aromatic N) is 1. The first-order valence-electron chi connectivity index (χ1n) is 9.72. The summed E-state index contributed by atoms with van der Waals surface area (Å²) >= 11 is 1.37. The molecule has 1 N–H and O–H groups in total. The molecule has 0 radical (unpaired) electrons. The average Bonchev–Trinajstić information content (AvgIpc) is 2.92. The van der Waals surface area contributed by atoms with Gasteiger partial charge in [0.2, 0.25) is 5.91 Å². The highest BCUT2D eigenvalue weighted by Gasteiger charge is 2.40. The minimum Gasteiger partial charge on any atom is -0.494 e. The van der Waals surface area contributed by atoms with Gasteiger partial charge in [-0.15, -0.1) is 11.8 Å². The van der Waals surface area contributed by atoms with Crippen LogP contribution in [0.4, 0.5) is 11.4 Å². The summed E-state index contributed by atoms with van der Waals surface area (Å²) in [6, 6.07) is 13.9. The van der Waals surface area contributed by atoms with Crippen LogP contribution in [0, 0.1) is 0 Å². The van der Waals surface area contributed by atoms with Crippen molar-refractivity contribution in [2.24, 2.45) is 0 Å². The van der Waals surface area contributed by atoms with Crippen molar-refractivity contribution >= 4 is 46.4 Å². The van der Waals surface area contributed by atoms with Crippen LogP contribution in [-0.4, -0.2) is 29.6 Å². The van der Waals surface area contributed by atoms with Gasteiger partial charge in [0, 0.05) is 23.9 Å². The van der Waals surface area contributed by atoms with E-state index >= 15 is 0 Å². The maximum Gasteiger partial charge on any atom is 0.272 e. The van der Waals surface area contributed by atoms with Gasteiger partial charge < -0.3 is 10.1 Å². The zero-order valence-electron chi connectivity index (χ0n) is 17.4. The molecule has 2 aromatic carbocycles. The molecule has 0 atom stereocenters. The Kier molecular flexibility index (Phi) is 6.62. The van der Waals surface area contributed by atoms with Crippen LogP contribution in [0.5, 0.6) is 5.75 Å². The monoisotopic (exact) mass is 424 g/mol. The molecular weight excluding hydrogens is 400 g/mol. The maximum atomic E-state index is 13.4. The third-order valence-electron chi connectivity index (χ3n) is 4.28. The van der Waals surface area contributed by atoms with Crippen LogP contribution in [0.3, 0.4) is 0 Å². The predicted molar refractivity (Wildman–Crippen MR) is 120 cm³/mol. The Hall–Kier alpha value is -3.06. The molecule has 3 amide bonds. The van der Waals surface area contributed by atoms with E-state index in [0.29, 0.717) is 39.8 Å². The van der Waals surface area contributed by atoms with Gasteiger partial charge >= 0.3 is 0 Å². The van der Waals surface area contributed by atoms with Crippen molar-refractivity contribution in [3.63, 3.8) is 0 Å². The third kappa shape index (κ3) is 4.57. The second kappa shape index (κ2) is 9.17. The van der Waals surface area contributed by atoms with Crippen molar-refractivity contribution < 1.29 is 19.1 Å². The number of anilines is 2. The number of hydrogen-bond donors (Lipinski definition) is 1. The van der Waals surface area contributed by atoms with Gasteiger partial charge in [0.05, 0.1) is 22.8 Å². The fourth-order valence-corrected chi connectivity index (χ4v) is 4.13. The standard InChI is InChI=1S/C23H24N2O4S/c1-5-29-19-8-6-7-18(13-19)25-22(27)20(21(23(25)28)30-14(2)3)16-9-11-17(12-10-16)24-15(4)26/h6-14H,5H2,1-4H3,(H,24,26). The average molecular weight is 425 g/mol. The molecule has 0 bridgehead atoms. The number of benzene rings is 2. The fraction of sp³-hybridized carbons (Fsp3) is 0.261. The molecule has 156 valence electrons. The Balaban J connectivity index is 2.02. The van der Waals surface area contributed by atoms with Crippen molar-refractivity contribution in [3.05, 3.63) is 59.0 Å². The van der Waals surface area contributed by atoms with E-state index < -0.39 is 0 Å². The summed E-state index contributed by atoms with van der Waals surface area (Å²) in [4.78, 5) is 39.5. The molecule has 0 aromatic heterocycles. The topological polar surface area (TPSA) is 75.7 Å². The number of imide groups is 1. The predicted octanol–water partition coefficient (Wildman–Crippen LogP) is 4.47. The number of carbonyl (C=O) groups is 3. The quantitative estimate of drug-likeness (QED) is 0.664. The zero-order valence-corrected chi connectivity index (χ0v) is 18.2. The number of nitrogens with one attached hydrogen (secondary N) is 1. The van der Waals surface area contributed by atoms with Crippen LogP contribution < -0.4 is 15.0 Å². The lowest BCUT2D eigenvalue weighted by Crippen LogP contribution is -2.31. The van der Waals surface area contributed by atoms with Crippen LogP contribution in [0.2, 0.25) is 0 Å². The van der Waals surface area contributed by atoms with Crippen molar-refractivity contribution in [1.82, 2.24) is 0 Å². The smallest absolute Gasteiger partial charge is 0.272 e. The fourth-order valence-electron chi connectivity index (χ4n) is 3.15. The molecule has 0 saturated carbocycles. The summed E-state index contributed by atoms with van der Waals surface area (Å²) in [5.41, 5.74) is 2.11. The molecule has 0 saturated heterocycles. The first-order valence-corrected chi connectivity index (χ1v) is 10.6. The molecule has 7 heteroatoms. The molecule has 2 aromatic rings. The first-order chi connectivity index (χ1) is 14.3. The van der Waals surface area contributed by atoms with E-state index in [2.05, 4.69) is 5.32 Å². The van der Waals surface area contributed by atoms with E-state index in [9.17, 15) is 14.4 Å². The number of rotatable bonds is 7. The molecule has 0 unspecified atom stereocenters. The second-order valence-electron chi connectivity index (χ2n) is 7.01. The summed E-state index contributed by atoms with van der Waals surface area (Å²) in [6.07, 6.45) is 0. The van der Waals surface area contributed by atoms with Crippen LogP contribution in [0.15, 0.2) is 53.4 Å². The van der Waals surface area contributed by atoms with Gasteiger partial charge in [-0.3, -0.25) is 14.4 Å². The molecule has 30 heavy (non-hydrogen) atoms. The Morgan fingerprint density at radius 3 is 2.40 bits per heavy atom. The van der Waals surface area contributed by atoms with E-state index in [4.69, 9.17) is 4.74 Å². The van der Waals surface area contributed by atoms with Gasteiger partial charge in [0.1, 0.15) is 5.75 Å². The van der Waals surface area contributed by atoms with E-state index in [1.807, 2.05) is 20.8 Å². The Morgan fingerprint density at radius 1 is 1.10 bits per heavy atom. The van der Waals surface area contributed by atoms with Crippen molar-refractivity contribution in [2.45, 2.75) is 32.9 Å². The largest absolute Gasteiger partial charge is 0.494 e. The normalized spacial score (nSPS) is 14.0. The Labute approximate surface area is 180 Å². The van der Waals surface area contributed by atoms with E-state index in [1.54, 1.807) is 48.5 Å². The second-order valence-corrected chi connectivity index (χ2v) is 8.59. The maximum absolute atomic E-state index is 13.4. The van der Waals surface area contributed by atoms with Gasteiger partial charge in [-0.25, -0.2) is 4.90 Å². The molecule has 6 nitrogen and oxygen atoms in total. The molecule has 3 rings (SSSR count). The lowest BCUT2D eigenvalue weighted by atomic mass is 10.1. The molecule has 0 fully saturated rings. The molecule has 0 spiro atoms. The summed E-state index contributed by atoms with van der Waals surface area (Å²) in [7, 11) is 0. The van der Waals surface area contributed by atoms with Crippen LogP contribution in [0.25, 0.3) is 5.57 Å². The summed E-state index contributed by atoms with van der Waals surface area (Å²) in [5.74, 6) is -0.287. The molecule has 0 aliphatic carbocycles. The first kappa shape index (κ1) is 21.6. The lowest BCUT2D eigenvalue weighted by Gasteiger charge is -2.16. The highest BCUT2D eigenvalue weighted by Crippen LogP contribution is 2.40. The van der Waals surface area contributed by atoms with Gasteiger partial charge in [-0.2, -0.15) is 0 Å². The van der Waals surface area contributed by atoms with Crippen molar-refractivity contribution in [3.8, 4) is 5.75 Å². The summed E-state index contributed by atoms with van der Waals surface area (Å²) < 4.78 is 5.52. The van der Waals surface area contributed by atoms with E-state index in [0.717, 1.165) is 0 Å². The van der Waals surface area contributed by atoms with Gasteiger partial charge in [0.15, 0.2) is 0 Å². The minimum atomic E-state index is -0.371.